The predicted octanol–water partition coefficient (Wildman–Crippen LogP) is 2.24. The number of carboxylic acid groups (broad SMARTS) is 1. The zero-order valence-corrected chi connectivity index (χ0v) is 18.2. The summed E-state index contributed by atoms with van der Waals surface area (Å²) >= 11 is 0. The third kappa shape index (κ3) is 5.28. The Kier molecular flexibility index (Phi) is 6.14. The molecule has 0 bridgehead atoms. The lowest BCUT2D eigenvalue weighted by Gasteiger charge is -2.20. The van der Waals surface area contributed by atoms with Crippen molar-refractivity contribution in [2.24, 2.45) is 0 Å². The molecule has 0 radical (unpaired) electrons. The summed E-state index contributed by atoms with van der Waals surface area (Å²) in [6.07, 6.45) is 2.37. The van der Waals surface area contributed by atoms with Crippen LogP contribution < -0.4 is 10.3 Å². The zero-order valence-electron chi connectivity index (χ0n) is 17.4. The van der Waals surface area contributed by atoms with Gasteiger partial charge in [0.05, 0.1) is 6.42 Å². The highest BCUT2D eigenvalue weighted by Crippen LogP contribution is 2.26. The fourth-order valence-electron chi connectivity index (χ4n) is 3.20. The Morgan fingerprint density at radius 3 is 2.42 bits per heavy atom. The number of pyridine rings is 1. The Labute approximate surface area is 179 Å². The lowest BCUT2D eigenvalue weighted by Crippen LogP contribution is -2.40. The van der Waals surface area contributed by atoms with Gasteiger partial charge in [-0.3, -0.25) is 14.7 Å². The van der Waals surface area contributed by atoms with E-state index in [2.05, 4.69) is 14.8 Å². The standard InChI is InChI=1S/C21H24N4O5S/c1-21(2,3)24-31(29,30)15-9-10-18(22-12-15)25-20(28)17(13-23-25)16(11-19(26)27)14-7-5-4-6-8-14/h4-10,12-13,16,23-24H,11H2,1-3H3,(H,26,27). The van der Waals surface area contributed by atoms with Gasteiger partial charge in [-0.2, -0.15) is 0 Å². The minimum absolute atomic E-state index is 0.0287. The van der Waals surface area contributed by atoms with E-state index in [0.717, 1.165) is 4.68 Å². The van der Waals surface area contributed by atoms with Crippen molar-refractivity contribution in [2.45, 2.75) is 43.5 Å². The molecule has 164 valence electrons. The van der Waals surface area contributed by atoms with E-state index in [1.54, 1.807) is 45.0 Å². The van der Waals surface area contributed by atoms with Crippen LogP contribution in [0.25, 0.3) is 5.82 Å². The van der Waals surface area contributed by atoms with Gasteiger partial charge in [-0.1, -0.05) is 30.3 Å². The molecule has 0 aliphatic heterocycles. The third-order valence-electron chi connectivity index (χ3n) is 4.46. The molecule has 0 amide bonds. The van der Waals surface area contributed by atoms with Crippen molar-refractivity contribution in [1.82, 2.24) is 19.5 Å². The van der Waals surface area contributed by atoms with Crippen LogP contribution in [0.1, 0.15) is 44.2 Å². The second-order valence-electron chi connectivity index (χ2n) is 8.14. The van der Waals surface area contributed by atoms with E-state index >= 15 is 0 Å². The van der Waals surface area contributed by atoms with Crippen LogP contribution in [-0.4, -0.2) is 39.8 Å². The summed E-state index contributed by atoms with van der Waals surface area (Å²) in [6, 6.07) is 11.7. The highest BCUT2D eigenvalue weighted by molar-refractivity contribution is 7.89. The summed E-state index contributed by atoms with van der Waals surface area (Å²) in [7, 11) is -3.76. The van der Waals surface area contributed by atoms with Gasteiger partial charge < -0.3 is 5.11 Å². The second kappa shape index (κ2) is 8.48. The quantitative estimate of drug-likeness (QED) is 0.512. The number of aliphatic carboxylic acids is 1. The third-order valence-corrected chi connectivity index (χ3v) is 6.20. The average Bonchev–Trinajstić information content (AvgIpc) is 3.06. The summed E-state index contributed by atoms with van der Waals surface area (Å²) in [4.78, 5) is 28.5. The molecule has 31 heavy (non-hydrogen) atoms. The highest BCUT2D eigenvalue weighted by Gasteiger charge is 2.25. The number of carboxylic acids is 1. The molecule has 10 heteroatoms. The number of rotatable bonds is 7. The van der Waals surface area contributed by atoms with Gasteiger partial charge in [0.15, 0.2) is 5.82 Å². The van der Waals surface area contributed by atoms with Crippen LogP contribution in [0.4, 0.5) is 0 Å². The normalized spacial score (nSPS) is 13.1. The van der Waals surface area contributed by atoms with Crippen LogP contribution >= 0.6 is 0 Å². The molecule has 0 fully saturated rings. The first kappa shape index (κ1) is 22.4. The summed E-state index contributed by atoms with van der Waals surface area (Å²) < 4.78 is 28.6. The van der Waals surface area contributed by atoms with Crippen molar-refractivity contribution in [2.75, 3.05) is 0 Å². The van der Waals surface area contributed by atoms with Crippen LogP contribution in [0, 0.1) is 0 Å². The molecule has 3 aromatic rings. The monoisotopic (exact) mass is 444 g/mol. The number of aromatic amines is 1. The molecule has 1 atom stereocenters. The van der Waals surface area contributed by atoms with Gasteiger partial charge in [0, 0.05) is 29.4 Å². The van der Waals surface area contributed by atoms with Crippen LogP contribution in [-0.2, 0) is 14.8 Å². The number of nitrogens with zero attached hydrogens (tertiary/aromatic N) is 2. The first-order valence-corrected chi connectivity index (χ1v) is 11.0. The number of hydrogen-bond donors (Lipinski definition) is 3. The largest absolute Gasteiger partial charge is 0.481 e. The predicted molar refractivity (Wildman–Crippen MR) is 115 cm³/mol. The number of sulfonamides is 1. The van der Waals surface area contributed by atoms with Crippen LogP contribution in [0.3, 0.4) is 0 Å². The number of nitrogens with one attached hydrogen (secondary N) is 2. The Bertz CT molecular complexity index is 1220. The molecular weight excluding hydrogens is 420 g/mol. The van der Waals surface area contributed by atoms with Gasteiger partial charge in [0.1, 0.15) is 4.90 Å². The molecule has 0 spiro atoms. The SMILES string of the molecule is CC(C)(C)NS(=O)(=O)c1ccc(-n2[nH]cc(C(CC(=O)O)c3ccccc3)c2=O)nc1. The molecule has 3 rings (SSSR count). The van der Waals surface area contributed by atoms with Crippen molar-refractivity contribution in [1.29, 1.82) is 0 Å². The molecule has 2 heterocycles. The number of aromatic nitrogens is 3. The van der Waals surface area contributed by atoms with Crippen molar-refractivity contribution in [3.63, 3.8) is 0 Å². The van der Waals surface area contributed by atoms with E-state index in [1.807, 2.05) is 6.07 Å². The van der Waals surface area contributed by atoms with Crippen LogP contribution in [0.15, 0.2) is 64.5 Å². The van der Waals surface area contributed by atoms with E-state index in [4.69, 9.17) is 0 Å². The maximum atomic E-state index is 13.0. The average molecular weight is 445 g/mol. The van der Waals surface area contributed by atoms with Crippen molar-refractivity contribution in [3.8, 4) is 5.82 Å². The highest BCUT2D eigenvalue weighted by atomic mass is 32.2. The van der Waals surface area contributed by atoms with Gasteiger partial charge in [-0.15, -0.1) is 0 Å². The number of H-pyrrole nitrogens is 1. The first-order valence-electron chi connectivity index (χ1n) is 9.55. The van der Waals surface area contributed by atoms with Crippen molar-refractivity contribution in [3.05, 3.63) is 76.3 Å². The molecule has 1 unspecified atom stereocenters. The maximum absolute atomic E-state index is 13.0. The minimum Gasteiger partial charge on any atom is -0.481 e. The molecule has 1 aromatic carbocycles. The second-order valence-corrected chi connectivity index (χ2v) is 9.82. The van der Waals surface area contributed by atoms with E-state index in [0.29, 0.717) is 5.56 Å². The number of benzene rings is 1. The smallest absolute Gasteiger partial charge is 0.304 e. The van der Waals surface area contributed by atoms with Crippen molar-refractivity contribution < 1.29 is 18.3 Å². The fraction of sp³-hybridized carbons (Fsp3) is 0.286. The van der Waals surface area contributed by atoms with Gasteiger partial charge >= 0.3 is 5.97 Å². The van der Waals surface area contributed by atoms with E-state index in [-0.39, 0.29) is 22.7 Å². The minimum atomic E-state index is -3.76. The number of hydrogen-bond acceptors (Lipinski definition) is 5. The molecule has 3 N–H and O–H groups in total. The Morgan fingerprint density at radius 1 is 1.19 bits per heavy atom. The molecule has 0 aliphatic carbocycles. The summed E-state index contributed by atoms with van der Waals surface area (Å²) in [6.45, 7) is 5.19. The lowest BCUT2D eigenvalue weighted by atomic mass is 9.90. The van der Waals surface area contributed by atoms with E-state index in [1.165, 1.54) is 24.5 Å². The Balaban J connectivity index is 1.96. The number of carbonyl (C=O) groups is 1. The molecule has 0 saturated carbocycles. The van der Waals surface area contributed by atoms with Gasteiger partial charge in [0.25, 0.3) is 5.56 Å². The molecule has 2 aromatic heterocycles. The Morgan fingerprint density at radius 2 is 1.87 bits per heavy atom. The summed E-state index contributed by atoms with van der Waals surface area (Å²) in [5, 5.41) is 12.1. The fourth-order valence-corrected chi connectivity index (χ4v) is 4.56. The summed E-state index contributed by atoms with van der Waals surface area (Å²) in [5.41, 5.74) is -0.123. The Hall–Kier alpha value is -3.24. The van der Waals surface area contributed by atoms with Crippen LogP contribution in [0.2, 0.25) is 0 Å². The first-order chi connectivity index (χ1) is 14.5. The van der Waals surface area contributed by atoms with E-state index < -0.39 is 33.0 Å². The molecule has 0 saturated heterocycles. The van der Waals surface area contributed by atoms with Crippen molar-refractivity contribution >= 4 is 16.0 Å². The van der Waals surface area contributed by atoms with E-state index in [9.17, 15) is 23.1 Å². The van der Waals surface area contributed by atoms with Gasteiger partial charge in [0.2, 0.25) is 10.0 Å². The molecule has 0 aliphatic rings. The summed E-state index contributed by atoms with van der Waals surface area (Å²) in [5.74, 6) is -1.48. The topological polar surface area (TPSA) is 134 Å². The molecule has 9 nitrogen and oxygen atoms in total. The van der Waals surface area contributed by atoms with Crippen LogP contribution in [0.5, 0.6) is 0 Å². The van der Waals surface area contributed by atoms with Gasteiger partial charge in [-0.25, -0.2) is 22.8 Å². The molecular formula is C21H24N4O5S. The lowest BCUT2D eigenvalue weighted by molar-refractivity contribution is -0.137. The van der Waals surface area contributed by atoms with Gasteiger partial charge in [-0.05, 0) is 38.5 Å². The maximum Gasteiger partial charge on any atom is 0.304 e. The zero-order chi connectivity index (χ0) is 22.8.